The van der Waals surface area contributed by atoms with Crippen molar-refractivity contribution in [1.82, 2.24) is 40.3 Å². The van der Waals surface area contributed by atoms with Crippen molar-refractivity contribution >= 4 is 17.5 Å². The Kier molecular flexibility index (Phi) is 8.10. The Balaban J connectivity index is 1.82. The molecule has 0 aliphatic heterocycles. The number of hydrogen-bond acceptors (Lipinski definition) is 9. The molecule has 3 aromatic heterocycles. The number of amides is 2. The number of pyridine rings is 1. The van der Waals surface area contributed by atoms with Gasteiger partial charge in [-0.1, -0.05) is 0 Å². The summed E-state index contributed by atoms with van der Waals surface area (Å²) in [6, 6.07) is 8.65. The van der Waals surface area contributed by atoms with E-state index in [9.17, 15) is 41.2 Å². The predicted molar refractivity (Wildman–Crippen MR) is 130 cm³/mol. The number of halogens is 6. The van der Waals surface area contributed by atoms with Crippen LogP contribution in [0.2, 0.25) is 0 Å². The Morgan fingerprint density at radius 2 is 1.77 bits per heavy atom. The van der Waals surface area contributed by atoms with Gasteiger partial charge in [0.15, 0.2) is 5.82 Å². The first-order chi connectivity index (χ1) is 20.2. The van der Waals surface area contributed by atoms with E-state index in [0.717, 1.165) is 24.4 Å². The number of nitrogens with one attached hydrogen (secondary N) is 2. The fraction of sp³-hybridized carbons (Fsp3) is 0.208. The van der Waals surface area contributed by atoms with Gasteiger partial charge in [-0.25, -0.2) is 9.67 Å². The van der Waals surface area contributed by atoms with E-state index in [0.29, 0.717) is 15.5 Å². The molecule has 19 heteroatoms. The van der Waals surface area contributed by atoms with Crippen LogP contribution in [0.4, 0.5) is 32.0 Å². The van der Waals surface area contributed by atoms with E-state index < -0.39 is 60.2 Å². The van der Waals surface area contributed by atoms with Crippen LogP contribution in [-0.4, -0.2) is 53.3 Å². The molecule has 4 aromatic rings. The number of nitriles is 2. The molecule has 3 heterocycles. The number of rotatable bonds is 7. The van der Waals surface area contributed by atoms with E-state index in [2.05, 4.69) is 36.1 Å². The fourth-order valence-electron chi connectivity index (χ4n) is 3.78. The summed E-state index contributed by atoms with van der Waals surface area (Å²) in [4.78, 5) is 30.4. The smallest absolute Gasteiger partial charge is 0.339 e. The first-order valence-corrected chi connectivity index (χ1v) is 11.7. The molecule has 2 N–H and O–H groups in total. The fourth-order valence-corrected chi connectivity index (χ4v) is 3.78. The summed E-state index contributed by atoms with van der Waals surface area (Å²) in [7, 11) is 0. The van der Waals surface area contributed by atoms with Crippen molar-refractivity contribution in [3.63, 3.8) is 0 Å². The molecule has 220 valence electrons. The van der Waals surface area contributed by atoms with E-state index >= 15 is 0 Å². The second kappa shape index (κ2) is 11.6. The van der Waals surface area contributed by atoms with Crippen molar-refractivity contribution in [3.8, 4) is 18.0 Å². The Hall–Kier alpha value is -5.85. The molecule has 0 bridgehead atoms. The van der Waals surface area contributed by atoms with Crippen LogP contribution in [0.25, 0.3) is 5.82 Å². The number of alkyl halides is 6. The Labute approximate surface area is 236 Å². The third-order valence-electron chi connectivity index (χ3n) is 5.57. The predicted octanol–water partition coefficient (Wildman–Crippen LogP) is 3.03. The number of hydrogen-bond donors (Lipinski definition) is 2. The normalized spacial score (nSPS) is 11.5. The van der Waals surface area contributed by atoms with E-state index in [1.807, 2.05) is 6.07 Å². The largest absolute Gasteiger partial charge is 0.455 e. The highest BCUT2D eigenvalue weighted by Gasteiger charge is 2.38. The molecule has 0 atom stereocenters. The number of aromatic nitrogens is 7. The van der Waals surface area contributed by atoms with Crippen LogP contribution in [0.1, 0.15) is 49.1 Å². The first-order valence-electron chi connectivity index (χ1n) is 11.7. The van der Waals surface area contributed by atoms with Crippen LogP contribution in [0.5, 0.6) is 0 Å². The molecular formula is C24H15F6N11O2. The number of carbonyl (C=O) groups excluding carboxylic acids is 2. The summed E-state index contributed by atoms with van der Waals surface area (Å²) < 4.78 is 80.8. The molecule has 0 aliphatic carbocycles. The minimum atomic E-state index is -4.95. The number of aryl methyl sites for hydroxylation is 1. The molecule has 2 amide bonds. The van der Waals surface area contributed by atoms with Crippen LogP contribution in [-0.2, 0) is 18.9 Å². The average Bonchev–Trinajstić information content (AvgIpc) is 3.60. The quantitative estimate of drug-likeness (QED) is 0.237. The lowest BCUT2D eigenvalue weighted by Crippen LogP contribution is -2.27. The Bertz CT molecular complexity index is 1790. The highest BCUT2D eigenvalue weighted by atomic mass is 19.4. The third kappa shape index (κ3) is 6.56. The summed E-state index contributed by atoms with van der Waals surface area (Å²) in [5.74, 6) is -4.36. The number of tetrazole rings is 1. The molecule has 0 radical (unpaired) electrons. The number of benzene rings is 1. The maximum atomic E-state index is 13.8. The van der Waals surface area contributed by atoms with E-state index in [-0.39, 0.29) is 28.1 Å². The van der Waals surface area contributed by atoms with Gasteiger partial charge in [-0.2, -0.15) is 46.8 Å². The standard InChI is InChI=1S/C24H15F6N11O2/c1-12-7-13(10-32)8-15(20(42)34-6-4-31)18(12)35-21(43)17-9-14(11-40-38-22(36-39-40)24(28,29)30)37-41(17)19-16(23(25,26)27)3-2-5-33-19/h2-3,5,7-9H,6,11H2,1H3,(H,34,42)(H,35,43). The molecule has 43 heavy (non-hydrogen) atoms. The van der Waals surface area contributed by atoms with Crippen molar-refractivity contribution in [2.24, 2.45) is 0 Å². The second-order valence-electron chi connectivity index (χ2n) is 8.57. The van der Waals surface area contributed by atoms with Gasteiger partial charge in [0.2, 0.25) is 0 Å². The van der Waals surface area contributed by atoms with Gasteiger partial charge in [0, 0.05) is 6.20 Å². The van der Waals surface area contributed by atoms with Gasteiger partial charge in [-0.3, -0.25) is 9.59 Å². The van der Waals surface area contributed by atoms with Gasteiger partial charge in [0.05, 0.1) is 34.6 Å². The summed E-state index contributed by atoms with van der Waals surface area (Å²) in [6.45, 7) is 0.391. The van der Waals surface area contributed by atoms with E-state index in [1.54, 1.807) is 6.07 Å². The summed E-state index contributed by atoms with van der Waals surface area (Å²) in [5.41, 5.74) is -2.23. The summed E-state index contributed by atoms with van der Waals surface area (Å²) >= 11 is 0. The van der Waals surface area contributed by atoms with Crippen LogP contribution < -0.4 is 10.6 Å². The maximum absolute atomic E-state index is 13.8. The molecule has 0 aliphatic rings. The minimum Gasteiger partial charge on any atom is -0.339 e. The highest BCUT2D eigenvalue weighted by Crippen LogP contribution is 2.33. The lowest BCUT2D eigenvalue weighted by atomic mass is 10.0. The summed E-state index contributed by atoms with van der Waals surface area (Å²) in [6.07, 6.45) is -8.87. The van der Waals surface area contributed by atoms with E-state index in [4.69, 9.17) is 5.26 Å². The molecule has 0 saturated heterocycles. The van der Waals surface area contributed by atoms with Crippen molar-refractivity contribution in [3.05, 3.63) is 76.0 Å². The zero-order valence-corrected chi connectivity index (χ0v) is 21.5. The lowest BCUT2D eigenvalue weighted by Gasteiger charge is -2.16. The highest BCUT2D eigenvalue weighted by molar-refractivity contribution is 6.09. The Morgan fingerprint density at radius 3 is 2.40 bits per heavy atom. The van der Waals surface area contributed by atoms with Crippen molar-refractivity contribution in [2.75, 3.05) is 11.9 Å². The minimum absolute atomic E-state index is 0.0341. The topological polar surface area (TPSA) is 180 Å². The van der Waals surface area contributed by atoms with Gasteiger partial charge in [-0.05, 0) is 48.0 Å². The monoisotopic (exact) mass is 603 g/mol. The van der Waals surface area contributed by atoms with Gasteiger partial charge < -0.3 is 10.6 Å². The number of anilines is 1. The van der Waals surface area contributed by atoms with Crippen LogP contribution in [0, 0.1) is 29.6 Å². The first kappa shape index (κ1) is 30.1. The van der Waals surface area contributed by atoms with Crippen molar-refractivity contribution < 1.29 is 35.9 Å². The summed E-state index contributed by atoms with van der Waals surface area (Å²) in [5, 5.41) is 36.1. The zero-order chi connectivity index (χ0) is 31.5. The van der Waals surface area contributed by atoms with Crippen LogP contribution >= 0.6 is 0 Å². The van der Waals surface area contributed by atoms with Crippen LogP contribution in [0.15, 0.2) is 36.5 Å². The van der Waals surface area contributed by atoms with Crippen LogP contribution in [0.3, 0.4) is 0 Å². The lowest BCUT2D eigenvalue weighted by molar-refractivity contribution is -0.145. The van der Waals surface area contributed by atoms with Gasteiger partial charge in [-0.15, -0.1) is 10.2 Å². The molecule has 4 rings (SSSR count). The number of nitrogens with zero attached hydrogens (tertiary/aromatic N) is 9. The molecule has 0 spiro atoms. The molecule has 0 saturated carbocycles. The maximum Gasteiger partial charge on any atom is 0.455 e. The molecule has 1 aromatic carbocycles. The second-order valence-corrected chi connectivity index (χ2v) is 8.57. The molecule has 0 fully saturated rings. The number of carbonyl (C=O) groups is 2. The molecular weight excluding hydrogens is 588 g/mol. The zero-order valence-electron chi connectivity index (χ0n) is 21.5. The van der Waals surface area contributed by atoms with Gasteiger partial charge >= 0.3 is 12.4 Å². The van der Waals surface area contributed by atoms with Gasteiger partial charge in [0.1, 0.15) is 24.3 Å². The third-order valence-corrected chi connectivity index (χ3v) is 5.57. The van der Waals surface area contributed by atoms with Gasteiger partial charge in [0.25, 0.3) is 17.6 Å². The van der Waals surface area contributed by atoms with Crippen molar-refractivity contribution in [1.29, 1.82) is 10.5 Å². The SMILES string of the molecule is Cc1cc(C#N)cc(C(=O)NCC#N)c1NC(=O)c1cc(Cn2nnc(C(F)(F)F)n2)nn1-c1ncccc1C(F)(F)F. The molecule has 0 unspecified atom stereocenters. The van der Waals surface area contributed by atoms with E-state index in [1.165, 1.54) is 13.0 Å². The Morgan fingerprint density at radius 1 is 1.02 bits per heavy atom. The van der Waals surface area contributed by atoms with Crippen molar-refractivity contribution in [2.45, 2.75) is 25.8 Å². The average molecular weight is 603 g/mol. The molecule has 13 nitrogen and oxygen atoms in total.